The quantitative estimate of drug-likeness (QED) is 0.903. The molecule has 21 heavy (non-hydrogen) atoms. The molecule has 0 spiro atoms. The van der Waals surface area contributed by atoms with Gasteiger partial charge in [0.05, 0.1) is 18.2 Å². The van der Waals surface area contributed by atoms with E-state index < -0.39 is 0 Å². The summed E-state index contributed by atoms with van der Waals surface area (Å²) < 4.78 is 0. The van der Waals surface area contributed by atoms with Gasteiger partial charge < -0.3 is 10.6 Å². The molecule has 0 saturated heterocycles. The maximum Gasteiger partial charge on any atom is 0.243 e. The number of anilines is 2. The van der Waals surface area contributed by atoms with Gasteiger partial charge in [0.25, 0.3) is 0 Å². The highest BCUT2D eigenvalue weighted by Gasteiger charge is 2.03. The number of carbonyl (C=O) groups excluding carboxylic acids is 1. The van der Waals surface area contributed by atoms with Crippen LogP contribution in [-0.4, -0.2) is 12.5 Å². The summed E-state index contributed by atoms with van der Waals surface area (Å²) in [5, 5.41) is 14.6. The topological polar surface area (TPSA) is 64.9 Å². The molecule has 4 heteroatoms. The molecule has 106 valence electrons. The fraction of sp³-hybridized carbons (Fsp3) is 0.176. The van der Waals surface area contributed by atoms with Crippen LogP contribution in [0.1, 0.15) is 16.7 Å². The summed E-state index contributed by atoms with van der Waals surface area (Å²) in [6.45, 7) is 4.29. The lowest BCUT2D eigenvalue weighted by atomic mass is 10.1. The van der Waals surface area contributed by atoms with Crippen molar-refractivity contribution in [2.45, 2.75) is 13.8 Å². The minimum absolute atomic E-state index is 0.127. The van der Waals surface area contributed by atoms with Gasteiger partial charge in [0, 0.05) is 11.4 Å². The van der Waals surface area contributed by atoms with E-state index in [1.807, 2.05) is 31.2 Å². The van der Waals surface area contributed by atoms with E-state index in [1.54, 1.807) is 24.3 Å². The highest BCUT2D eigenvalue weighted by Crippen LogP contribution is 2.14. The Bertz CT molecular complexity index is 684. The predicted octanol–water partition coefficient (Wildman–Crippen LogP) is 3.23. The summed E-state index contributed by atoms with van der Waals surface area (Å²) in [7, 11) is 0. The maximum absolute atomic E-state index is 11.9. The van der Waals surface area contributed by atoms with Crippen LogP contribution < -0.4 is 10.6 Å². The van der Waals surface area contributed by atoms with Gasteiger partial charge in [-0.1, -0.05) is 6.07 Å². The lowest BCUT2D eigenvalue weighted by molar-refractivity contribution is -0.114. The van der Waals surface area contributed by atoms with E-state index in [2.05, 4.69) is 17.6 Å². The molecule has 1 amide bonds. The van der Waals surface area contributed by atoms with Crippen LogP contribution in [0.3, 0.4) is 0 Å². The third-order valence-electron chi connectivity index (χ3n) is 3.26. The average molecular weight is 279 g/mol. The highest BCUT2D eigenvalue weighted by atomic mass is 16.1. The molecule has 0 aliphatic heterocycles. The number of carbonyl (C=O) groups is 1. The molecule has 2 aromatic rings. The van der Waals surface area contributed by atoms with Crippen molar-refractivity contribution < 1.29 is 4.79 Å². The number of hydrogen-bond donors (Lipinski definition) is 2. The second-order valence-corrected chi connectivity index (χ2v) is 4.89. The SMILES string of the molecule is Cc1ccc(NCC(=O)Nc2ccc(C#N)cc2)cc1C. The molecule has 0 bridgehead atoms. The van der Waals surface area contributed by atoms with E-state index in [0.29, 0.717) is 11.3 Å². The monoisotopic (exact) mass is 279 g/mol. The summed E-state index contributed by atoms with van der Waals surface area (Å²) in [4.78, 5) is 11.9. The van der Waals surface area contributed by atoms with Crippen molar-refractivity contribution in [1.82, 2.24) is 0 Å². The second-order valence-electron chi connectivity index (χ2n) is 4.89. The molecule has 0 fully saturated rings. The Labute approximate surface area is 124 Å². The summed E-state index contributed by atoms with van der Waals surface area (Å²) in [6.07, 6.45) is 0. The number of nitriles is 1. The molecule has 0 aliphatic rings. The van der Waals surface area contributed by atoms with E-state index in [4.69, 9.17) is 5.26 Å². The van der Waals surface area contributed by atoms with Crippen molar-refractivity contribution in [3.05, 3.63) is 59.2 Å². The Hall–Kier alpha value is -2.80. The molecule has 0 heterocycles. The maximum atomic E-state index is 11.9. The summed E-state index contributed by atoms with van der Waals surface area (Å²) >= 11 is 0. The van der Waals surface area contributed by atoms with Crippen LogP contribution in [-0.2, 0) is 4.79 Å². The van der Waals surface area contributed by atoms with Crippen molar-refractivity contribution in [2.24, 2.45) is 0 Å². The second kappa shape index (κ2) is 6.58. The zero-order valence-electron chi connectivity index (χ0n) is 12.1. The number of benzene rings is 2. The number of nitrogens with zero attached hydrogens (tertiary/aromatic N) is 1. The molecular formula is C17H17N3O. The largest absolute Gasteiger partial charge is 0.376 e. The van der Waals surface area contributed by atoms with Gasteiger partial charge in [0.15, 0.2) is 0 Å². The molecule has 0 atom stereocenters. The first-order valence-corrected chi connectivity index (χ1v) is 6.69. The zero-order valence-corrected chi connectivity index (χ0v) is 12.1. The van der Waals surface area contributed by atoms with Crippen LogP contribution in [0.15, 0.2) is 42.5 Å². The van der Waals surface area contributed by atoms with Gasteiger partial charge in [-0.2, -0.15) is 5.26 Å². The molecule has 4 nitrogen and oxygen atoms in total. The van der Waals surface area contributed by atoms with Gasteiger partial charge in [0.2, 0.25) is 5.91 Å². The van der Waals surface area contributed by atoms with Crippen molar-refractivity contribution in [1.29, 1.82) is 5.26 Å². The first kappa shape index (κ1) is 14.6. The molecule has 0 aromatic heterocycles. The van der Waals surface area contributed by atoms with E-state index >= 15 is 0 Å². The lowest BCUT2D eigenvalue weighted by Crippen LogP contribution is -2.21. The first-order valence-electron chi connectivity index (χ1n) is 6.69. The van der Waals surface area contributed by atoms with Crippen LogP contribution in [0.2, 0.25) is 0 Å². The average Bonchev–Trinajstić information content (AvgIpc) is 2.49. The van der Waals surface area contributed by atoms with Crippen molar-refractivity contribution >= 4 is 17.3 Å². The summed E-state index contributed by atoms with van der Waals surface area (Å²) in [6, 6.07) is 14.8. The standard InChI is InChI=1S/C17H17N3O/c1-12-3-6-16(9-13(12)2)19-11-17(21)20-15-7-4-14(10-18)5-8-15/h3-9,19H,11H2,1-2H3,(H,20,21). The summed E-state index contributed by atoms with van der Waals surface area (Å²) in [5.74, 6) is -0.127. The van der Waals surface area contributed by atoms with Crippen LogP contribution >= 0.6 is 0 Å². The lowest BCUT2D eigenvalue weighted by Gasteiger charge is -2.09. The van der Waals surface area contributed by atoms with Gasteiger partial charge in [-0.25, -0.2) is 0 Å². The molecule has 2 N–H and O–H groups in total. The molecular weight excluding hydrogens is 262 g/mol. The normalized spacial score (nSPS) is 9.76. The number of nitrogens with one attached hydrogen (secondary N) is 2. The van der Waals surface area contributed by atoms with Crippen molar-refractivity contribution in [3.8, 4) is 6.07 Å². The van der Waals surface area contributed by atoms with Gasteiger partial charge in [0.1, 0.15) is 0 Å². The van der Waals surface area contributed by atoms with Crippen molar-refractivity contribution in [3.63, 3.8) is 0 Å². The molecule has 0 unspecified atom stereocenters. The number of hydrogen-bond acceptors (Lipinski definition) is 3. The van der Waals surface area contributed by atoms with Crippen LogP contribution in [0, 0.1) is 25.2 Å². The van der Waals surface area contributed by atoms with Gasteiger partial charge in [-0.3, -0.25) is 4.79 Å². The number of rotatable bonds is 4. The van der Waals surface area contributed by atoms with E-state index in [1.165, 1.54) is 11.1 Å². The molecule has 2 rings (SSSR count). The Morgan fingerprint density at radius 2 is 1.71 bits per heavy atom. The third-order valence-corrected chi connectivity index (χ3v) is 3.26. The minimum atomic E-state index is -0.127. The Kier molecular flexibility index (Phi) is 4.57. The predicted molar refractivity (Wildman–Crippen MR) is 84.2 cm³/mol. The summed E-state index contributed by atoms with van der Waals surface area (Å²) in [5.41, 5.74) is 4.59. The van der Waals surface area contributed by atoms with Gasteiger partial charge in [-0.05, 0) is 61.4 Å². The smallest absolute Gasteiger partial charge is 0.243 e. The highest BCUT2D eigenvalue weighted by molar-refractivity contribution is 5.93. The molecule has 0 radical (unpaired) electrons. The van der Waals surface area contributed by atoms with Crippen LogP contribution in [0.4, 0.5) is 11.4 Å². The fourth-order valence-electron chi connectivity index (χ4n) is 1.87. The first-order chi connectivity index (χ1) is 10.1. The minimum Gasteiger partial charge on any atom is -0.376 e. The molecule has 0 aliphatic carbocycles. The fourth-order valence-corrected chi connectivity index (χ4v) is 1.87. The van der Waals surface area contributed by atoms with Crippen molar-refractivity contribution in [2.75, 3.05) is 17.2 Å². The van der Waals surface area contributed by atoms with E-state index in [9.17, 15) is 4.79 Å². The molecule has 0 saturated carbocycles. The number of aryl methyl sites for hydroxylation is 2. The van der Waals surface area contributed by atoms with Gasteiger partial charge in [-0.15, -0.1) is 0 Å². The van der Waals surface area contributed by atoms with Gasteiger partial charge >= 0.3 is 0 Å². The van der Waals surface area contributed by atoms with E-state index in [0.717, 1.165) is 5.69 Å². The third kappa shape index (κ3) is 4.08. The number of amides is 1. The Morgan fingerprint density at radius 3 is 2.33 bits per heavy atom. The molecule has 2 aromatic carbocycles. The Balaban J connectivity index is 1.89. The van der Waals surface area contributed by atoms with Crippen LogP contribution in [0.25, 0.3) is 0 Å². The van der Waals surface area contributed by atoms with Crippen LogP contribution in [0.5, 0.6) is 0 Å². The Morgan fingerprint density at radius 1 is 1.05 bits per heavy atom. The van der Waals surface area contributed by atoms with E-state index in [-0.39, 0.29) is 12.5 Å². The zero-order chi connectivity index (χ0) is 15.2.